The minimum Gasteiger partial charge on any atom is -0.390 e. The van der Waals surface area contributed by atoms with Gasteiger partial charge in [-0.15, -0.1) is 0 Å². The second kappa shape index (κ2) is 5.71. The van der Waals surface area contributed by atoms with Crippen LogP contribution in [0.2, 0.25) is 0 Å². The lowest BCUT2D eigenvalue weighted by Gasteiger charge is -2.38. The van der Waals surface area contributed by atoms with Crippen LogP contribution in [-0.4, -0.2) is 53.7 Å². The van der Waals surface area contributed by atoms with Crippen LogP contribution in [0, 0.1) is 0 Å². The highest BCUT2D eigenvalue weighted by atomic mass is 19.3. The number of nitrogens with one attached hydrogen (secondary N) is 2. The van der Waals surface area contributed by atoms with E-state index in [1.165, 1.54) is 0 Å². The van der Waals surface area contributed by atoms with Crippen molar-refractivity contribution in [1.82, 2.24) is 15.2 Å². The monoisotopic (exact) mass is 295 g/mol. The number of alkyl halides is 2. The topological polar surface area (TPSA) is 51.3 Å². The van der Waals surface area contributed by atoms with E-state index in [4.69, 9.17) is 5.11 Å². The van der Waals surface area contributed by atoms with E-state index in [2.05, 4.69) is 10.3 Å². The number of aromatic nitrogens is 1. The molecule has 1 atom stereocenters. The van der Waals surface area contributed by atoms with Gasteiger partial charge in [0.1, 0.15) is 12.6 Å². The van der Waals surface area contributed by atoms with E-state index in [1.807, 2.05) is 12.1 Å². The lowest BCUT2D eigenvalue weighted by Crippen LogP contribution is -2.51. The number of hydrogen-bond acceptors (Lipinski definition) is 3. The fourth-order valence-corrected chi connectivity index (χ4v) is 2.99. The second-order valence-corrected chi connectivity index (χ2v) is 5.43. The second-order valence-electron chi connectivity index (χ2n) is 5.43. The van der Waals surface area contributed by atoms with Gasteiger partial charge in [0, 0.05) is 37.9 Å². The Kier molecular flexibility index (Phi) is 3.93. The molecule has 6 heteroatoms. The Labute approximate surface area is 121 Å². The molecule has 0 aliphatic carbocycles. The van der Waals surface area contributed by atoms with Crippen LogP contribution in [0.1, 0.15) is 11.6 Å². The summed E-state index contributed by atoms with van der Waals surface area (Å²) in [6.07, 6.45) is 1.79. The molecule has 1 aliphatic rings. The first-order chi connectivity index (χ1) is 10.1. The SMILES string of the molecule is OCC(F)(F)[C@@H](c1ccc2[nH]ccc2c1)N1CCNCC1. The normalized spacial score (nSPS) is 19.0. The summed E-state index contributed by atoms with van der Waals surface area (Å²) in [6.45, 7) is 1.32. The first kappa shape index (κ1) is 14.4. The van der Waals surface area contributed by atoms with E-state index in [1.54, 1.807) is 23.2 Å². The molecule has 0 saturated carbocycles. The highest BCUT2D eigenvalue weighted by Crippen LogP contribution is 2.37. The molecule has 1 aromatic carbocycles. The maximum absolute atomic E-state index is 14.3. The Bertz CT molecular complexity index is 608. The molecule has 2 aromatic rings. The number of aliphatic hydroxyl groups excluding tert-OH is 1. The maximum Gasteiger partial charge on any atom is 0.289 e. The van der Waals surface area contributed by atoms with Crippen molar-refractivity contribution in [3.63, 3.8) is 0 Å². The molecule has 1 aromatic heterocycles. The number of fused-ring (bicyclic) bond motifs is 1. The summed E-state index contributed by atoms with van der Waals surface area (Å²) in [7, 11) is 0. The van der Waals surface area contributed by atoms with Crippen molar-refractivity contribution in [2.24, 2.45) is 0 Å². The van der Waals surface area contributed by atoms with Crippen LogP contribution in [0.15, 0.2) is 30.5 Å². The van der Waals surface area contributed by atoms with Gasteiger partial charge in [0.2, 0.25) is 0 Å². The van der Waals surface area contributed by atoms with E-state index in [-0.39, 0.29) is 0 Å². The van der Waals surface area contributed by atoms with Gasteiger partial charge in [-0.1, -0.05) is 6.07 Å². The van der Waals surface area contributed by atoms with Gasteiger partial charge < -0.3 is 15.4 Å². The lowest BCUT2D eigenvalue weighted by atomic mass is 9.97. The Hall–Kier alpha value is -1.50. The molecule has 2 heterocycles. The molecule has 3 rings (SSSR count). The number of aliphatic hydroxyl groups is 1. The predicted octanol–water partition coefficient (Wildman–Crippen LogP) is 1.74. The predicted molar refractivity (Wildman–Crippen MR) is 77.5 cm³/mol. The molecule has 114 valence electrons. The Morgan fingerprint density at radius 1 is 1.24 bits per heavy atom. The number of H-pyrrole nitrogens is 1. The van der Waals surface area contributed by atoms with Crippen LogP contribution >= 0.6 is 0 Å². The Morgan fingerprint density at radius 2 is 2.00 bits per heavy atom. The van der Waals surface area contributed by atoms with Crippen LogP contribution < -0.4 is 5.32 Å². The summed E-state index contributed by atoms with van der Waals surface area (Å²) in [5, 5.41) is 13.2. The summed E-state index contributed by atoms with van der Waals surface area (Å²) in [4.78, 5) is 4.81. The van der Waals surface area contributed by atoms with Crippen LogP contribution in [0.5, 0.6) is 0 Å². The van der Waals surface area contributed by atoms with E-state index >= 15 is 0 Å². The van der Waals surface area contributed by atoms with Crippen molar-refractivity contribution in [2.45, 2.75) is 12.0 Å². The standard InChI is InChI=1S/C15H19F2N3O/c16-15(17,10-21)14(20-7-5-18-6-8-20)12-1-2-13-11(9-12)3-4-19-13/h1-4,9,14,18-19,21H,5-8,10H2/t14-/m1/s1. The number of nitrogens with zero attached hydrogens (tertiary/aromatic N) is 1. The van der Waals surface area contributed by atoms with E-state index in [0.717, 1.165) is 10.9 Å². The fourth-order valence-electron chi connectivity index (χ4n) is 2.99. The number of halogens is 2. The molecule has 0 unspecified atom stereocenters. The fraction of sp³-hybridized carbons (Fsp3) is 0.467. The third-order valence-corrected chi connectivity index (χ3v) is 4.02. The highest BCUT2D eigenvalue weighted by Gasteiger charge is 2.44. The molecule has 21 heavy (non-hydrogen) atoms. The van der Waals surface area contributed by atoms with Gasteiger partial charge in [0.15, 0.2) is 0 Å². The third-order valence-electron chi connectivity index (χ3n) is 4.02. The minimum atomic E-state index is -3.17. The molecule has 1 saturated heterocycles. The van der Waals surface area contributed by atoms with Crippen LogP contribution in [0.25, 0.3) is 10.9 Å². The largest absolute Gasteiger partial charge is 0.390 e. The average Bonchev–Trinajstić information content (AvgIpc) is 2.96. The molecule has 0 radical (unpaired) electrons. The minimum absolute atomic E-state index is 0.544. The van der Waals surface area contributed by atoms with Gasteiger partial charge in [-0.2, -0.15) is 0 Å². The van der Waals surface area contributed by atoms with Crippen molar-refractivity contribution < 1.29 is 13.9 Å². The van der Waals surface area contributed by atoms with Crippen molar-refractivity contribution >= 4 is 10.9 Å². The Morgan fingerprint density at radius 3 is 2.71 bits per heavy atom. The Balaban J connectivity index is 2.00. The van der Waals surface area contributed by atoms with Gasteiger partial charge >= 0.3 is 0 Å². The first-order valence-electron chi connectivity index (χ1n) is 7.12. The number of aromatic amines is 1. The van der Waals surface area contributed by atoms with E-state index in [9.17, 15) is 8.78 Å². The zero-order valence-corrected chi connectivity index (χ0v) is 11.6. The molecule has 1 aliphatic heterocycles. The van der Waals surface area contributed by atoms with Gasteiger partial charge in [-0.3, -0.25) is 4.90 Å². The zero-order valence-electron chi connectivity index (χ0n) is 11.6. The number of piperazine rings is 1. The van der Waals surface area contributed by atoms with Crippen LogP contribution in [-0.2, 0) is 0 Å². The number of benzene rings is 1. The van der Waals surface area contributed by atoms with Crippen LogP contribution in [0.4, 0.5) is 8.78 Å². The maximum atomic E-state index is 14.3. The van der Waals surface area contributed by atoms with Crippen molar-refractivity contribution in [2.75, 3.05) is 32.8 Å². The third kappa shape index (κ3) is 2.79. The van der Waals surface area contributed by atoms with Gasteiger partial charge in [-0.05, 0) is 29.1 Å². The van der Waals surface area contributed by atoms with Gasteiger partial charge in [0.25, 0.3) is 5.92 Å². The van der Waals surface area contributed by atoms with Gasteiger partial charge in [0.05, 0.1) is 0 Å². The summed E-state index contributed by atoms with van der Waals surface area (Å²) in [5.41, 5.74) is 1.47. The summed E-state index contributed by atoms with van der Waals surface area (Å²) in [5.74, 6) is -3.17. The molecule has 3 N–H and O–H groups in total. The number of hydrogen-bond donors (Lipinski definition) is 3. The smallest absolute Gasteiger partial charge is 0.289 e. The van der Waals surface area contributed by atoms with Crippen LogP contribution in [0.3, 0.4) is 0 Å². The molecule has 0 spiro atoms. The molecule has 1 fully saturated rings. The highest BCUT2D eigenvalue weighted by molar-refractivity contribution is 5.80. The quantitative estimate of drug-likeness (QED) is 0.805. The van der Waals surface area contributed by atoms with Crippen molar-refractivity contribution in [1.29, 1.82) is 0 Å². The molecule has 0 amide bonds. The summed E-state index contributed by atoms with van der Waals surface area (Å²) >= 11 is 0. The zero-order chi connectivity index (χ0) is 14.9. The lowest BCUT2D eigenvalue weighted by molar-refractivity contribution is -0.118. The van der Waals surface area contributed by atoms with Gasteiger partial charge in [-0.25, -0.2) is 8.78 Å². The molecular formula is C15H19F2N3O. The molecular weight excluding hydrogens is 276 g/mol. The molecule has 0 bridgehead atoms. The van der Waals surface area contributed by atoms with E-state index in [0.29, 0.717) is 31.7 Å². The molecule has 4 nitrogen and oxygen atoms in total. The van der Waals surface area contributed by atoms with Crippen molar-refractivity contribution in [3.8, 4) is 0 Å². The van der Waals surface area contributed by atoms with Crippen molar-refractivity contribution in [3.05, 3.63) is 36.0 Å². The summed E-state index contributed by atoms with van der Waals surface area (Å²) < 4.78 is 28.6. The average molecular weight is 295 g/mol. The van der Waals surface area contributed by atoms with E-state index < -0.39 is 18.6 Å². The number of rotatable bonds is 4. The summed E-state index contributed by atoms with van der Waals surface area (Å²) in [6, 6.07) is 6.08. The first-order valence-corrected chi connectivity index (χ1v) is 7.12.